The van der Waals surface area contributed by atoms with E-state index in [-0.39, 0.29) is 5.91 Å². The van der Waals surface area contributed by atoms with Gasteiger partial charge in [0.15, 0.2) is 0 Å². The zero-order chi connectivity index (χ0) is 17.6. The van der Waals surface area contributed by atoms with Crippen LogP contribution in [0.1, 0.15) is 15.9 Å². The Morgan fingerprint density at radius 3 is 2.96 bits per heavy atom. The van der Waals surface area contributed by atoms with Crippen LogP contribution in [0.15, 0.2) is 48.8 Å². The van der Waals surface area contributed by atoms with Crippen molar-refractivity contribution in [1.82, 2.24) is 4.98 Å². The highest BCUT2D eigenvalue weighted by Crippen LogP contribution is 2.33. The molecule has 0 saturated heterocycles. The van der Waals surface area contributed by atoms with Crippen molar-refractivity contribution in [3.63, 3.8) is 0 Å². The molecule has 1 aromatic heterocycles. The van der Waals surface area contributed by atoms with Gasteiger partial charge in [0.2, 0.25) is 5.91 Å². The van der Waals surface area contributed by atoms with Crippen molar-refractivity contribution >= 4 is 39.9 Å². The Hall–Kier alpha value is -2.92. The minimum atomic E-state index is -0.800. The summed E-state index contributed by atoms with van der Waals surface area (Å²) in [5, 5.41) is 2.07. The largest absolute Gasteiger partial charge is 0.368 e. The highest BCUT2D eigenvalue weighted by atomic mass is 35.5. The van der Waals surface area contributed by atoms with Gasteiger partial charge in [-0.3, -0.25) is 19.5 Å². The van der Waals surface area contributed by atoms with Crippen LogP contribution in [-0.2, 0) is 11.2 Å². The van der Waals surface area contributed by atoms with Crippen LogP contribution in [0.25, 0.3) is 10.8 Å². The van der Waals surface area contributed by atoms with Crippen molar-refractivity contribution in [1.29, 1.82) is 0 Å². The number of nitrogens with zero attached hydrogens (tertiary/aromatic N) is 2. The van der Waals surface area contributed by atoms with E-state index >= 15 is 0 Å². The maximum atomic E-state index is 13.1. The molecule has 0 saturated carbocycles. The number of halogens is 1. The summed E-state index contributed by atoms with van der Waals surface area (Å²) in [4.78, 5) is 30.8. The van der Waals surface area contributed by atoms with E-state index in [1.54, 1.807) is 36.7 Å². The second-order valence-electron chi connectivity index (χ2n) is 5.89. The maximum absolute atomic E-state index is 13.1. The number of hydrogen-bond acceptors (Lipinski definition) is 3. The molecule has 4 rings (SSSR count). The lowest BCUT2D eigenvalue weighted by Gasteiger charge is -2.35. The second-order valence-corrected chi connectivity index (χ2v) is 6.33. The molecule has 1 aliphatic rings. The van der Waals surface area contributed by atoms with E-state index in [9.17, 15) is 9.59 Å². The number of benzene rings is 2. The van der Waals surface area contributed by atoms with Crippen molar-refractivity contribution in [2.75, 3.05) is 4.90 Å². The van der Waals surface area contributed by atoms with Gasteiger partial charge in [-0.1, -0.05) is 29.8 Å². The fourth-order valence-corrected chi connectivity index (χ4v) is 3.43. The molecular formula is C19H13ClN3O2. The Bertz CT molecular complexity index is 1010. The minimum Gasteiger partial charge on any atom is -0.368 e. The first-order valence-corrected chi connectivity index (χ1v) is 8.10. The summed E-state index contributed by atoms with van der Waals surface area (Å²) in [5.74, 6) is -0.865. The van der Waals surface area contributed by atoms with E-state index < -0.39 is 11.9 Å². The number of primary amides is 1. The summed E-state index contributed by atoms with van der Waals surface area (Å²) in [7, 11) is 0. The van der Waals surface area contributed by atoms with E-state index in [1.807, 2.05) is 12.1 Å². The number of nitrogens with two attached hydrogens (primary N) is 1. The average molecular weight is 351 g/mol. The van der Waals surface area contributed by atoms with Gasteiger partial charge in [-0.15, -0.1) is 0 Å². The predicted molar refractivity (Wildman–Crippen MR) is 95.5 cm³/mol. The number of anilines is 1. The van der Waals surface area contributed by atoms with Crippen LogP contribution >= 0.6 is 11.6 Å². The molecule has 1 unspecified atom stereocenters. The molecule has 3 aromatic rings. The number of carbonyl (C=O) groups excluding carboxylic acids is 2. The molecule has 6 heteroatoms. The third-order valence-corrected chi connectivity index (χ3v) is 4.63. The summed E-state index contributed by atoms with van der Waals surface area (Å²) < 4.78 is 0. The normalized spacial score (nSPS) is 16.8. The first-order valence-electron chi connectivity index (χ1n) is 7.72. The maximum Gasteiger partial charge on any atom is 0.259 e. The first-order chi connectivity index (χ1) is 12.1. The molecule has 0 bridgehead atoms. The Morgan fingerprint density at radius 1 is 1.32 bits per heavy atom. The summed E-state index contributed by atoms with van der Waals surface area (Å²) in [5.41, 5.74) is 7.38. The predicted octanol–water partition coefficient (Wildman–Crippen LogP) is 2.75. The number of carbonyl (C=O) groups is 2. The van der Waals surface area contributed by atoms with E-state index in [0.29, 0.717) is 22.7 Å². The van der Waals surface area contributed by atoms with E-state index in [2.05, 4.69) is 11.1 Å². The van der Waals surface area contributed by atoms with E-state index in [0.717, 1.165) is 16.3 Å². The number of hydrogen-bond donors (Lipinski definition) is 1. The number of pyridine rings is 1. The number of aromatic nitrogens is 1. The molecule has 0 spiro atoms. The molecule has 0 aliphatic carbocycles. The molecule has 2 aromatic carbocycles. The number of rotatable bonds is 2. The second kappa shape index (κ2) is 5.86. The van der Waals surface area contributed by atoms with Crippen molar-refractivity contribution in [2.45, 2.75) is 12.5 Å². The lowest BCUT2D eigenvalue weighted by Crippen LogP contribution is -2.52. The Labute approximate surface area is 149 Å². The minimum absolute atomic E-state index is 0.292. The highest BCUT2D eigenvalue weighted by molar-refractivity contribution is 6.31. The Morgan fingerprint density at radius 2 is 2.16 bits per heavy atom. The topological polar surface area (TPSA) is 76.3 Å². The SMILES string of the molecule is NC(=O)C1Cc2cc(Cl)ccc2C(=O)N1c1cncc2[c]cccc12. The molecule has 1 radical (unpaired) electrons. The molecular weight excluding hydrogens is 338 g/mol. The van der Waals surface area contributed by atoms with Crippen LogP contribution in [0.3, 0.4) is 0 Å². The van der Waals surface area contributed by atoms with Crippen molar-refractivity contribution in [2.24, 2.45) is 5.73 Å². The summed E-state index contributed by atoms with van der Waals surface area (Å²) in [6.45, 7) is 0. The smallest absolute Gasteiger partial charge is 0.259 e. The van der Waals surface area contributed by atoms with Gasteiger partial charge >= 0.3 is 0 Å². The van der Waals surface area contributed by atoms with Gasteiger partial charge in [-0.25, -0.2) is 0 Å². The number of fused-ring (bicyclic) bond motifs is 2. The van der Waals surface area contributed by atoms with Gasteiger partial charge < -0.3 is 5.73 Å². The molecule has 2 amide bonds. The lowest BCUT2D eigenvalue weighted by atomic mass is 9.92. The van der Waals surface area contributed by atoms with Crippen molar-refractivity contribution in [3.8, 4) is 0 Å². The van der Waals surface area contributed by atoms with Crippen LogP contribution in [0.4, 0.5) is 5.69 Å². The van der Waals surface area contributed by atoms with Gasteiger partial charge in [0.1, 0.15) is 6.04 Å². The molecule has 123 valence electrons. The molecule has 5 nitrogen and oxygen atoms in total. The molecule has 2 heterocycles. The summed E-state index contributed by atoms with van der Waals surface area (Å²) in [6, 6.07) is 12.8. The quantitative estimate of drug-likeness (QED) is 0.772. The third-order valence-electron chi connectivity index (χ3n) is 4.39. The molecule has 1 atom stereocenters. The molecule has 1 aliphatic heterocycles. The van der Waals surface area contributed by atoms with Crippen LogP contribution in [0, 0.1) is 6.07 Å². The molecule has 2 N–H and O–H groups in total. The van der Waals surface area contributed by atoms with Crippen molar-refractivity contribution in [3.05, 3.63) is 71.0 Å². The van der Waals surface area contributed by atoms with Gasteiger partial charge in [-0.05, 0) is 29.8 Å². The average Bonchev–Trinajstić information content (AvgIpc) is 2.61. The van der Waals surface area contributed by atoms with Gasteiger partial charge in [0.05, 0.1) is 11.9 Å². The highest BCUT2D eigenvalue weighted by Gasteiger charge is 2.37. The summed E-state index contributed by atoms with van der Waals surface area (Å²) >= 11 is 6.03. The molecule has 0 fully saturated rings. The summed E-state index contributed by atoms with van der Waals surface area (Å²) in [6.07, 6.45) is 3.55. The van der Waals surface area contributed by atoms with Gasteiger partial charge in [0.25, 0.3) is 5.91 Å². The lowest BCUT2D eigenvalue weighted by molar-refractivity contribution is -0.119. The standard InChI is InChI=1S/C19H13ClN3O2/c20-13-5-6-15-12(7-13)8-16(18(21)24)23(19(15)25)17-10-22-9-11-3-1-2-4-14(11)17/h1-2,4-7,9-10,16H,8H2,(H2,21,24). The van der Waals surface area contributed by atoms with E-state index in [1.165, 1.54) is 4.90 Å². The zero-order valence-electron chi connectivity index (χ0n) is 13.1. The Kier molecular flexibility index (Phi) is 3.66. The number of amides is 2. The third kappa shape index (κ3) is 2.53. The van der Waals surface area contributed by atoms with Crippen molar-refractivity contribution < 1.29 is 9.59 Å². The fourth-order valence-electron chi connectivity index (χ4n) is 3.24. The first kappa shape index (κ1) is 15.6. The van der Waals surface area contributed by atoms with Crippen LogP contribution in [0.5, 0.6) is 0 Å². The molecule has 25 heavy (non-hydrogen) atoms. The van der Waals surface area contributed by atoms with Gasteiger partial charge in [0, 0.05) is 34.0 Å². The van der Waals surface area contributed by atoms with Crippen LogP contribution < -0.4 is 10.6 Å². The Balaban J connectivity index is 1.93. The van der Waals surface area contributed by atoms with E-state index in [4.69, 9.17) is 17.3 Å². The van der Waals surface area contributed by atoms with Crippen LogP contribution in [0.2, 0.25) is 5.02 Å². The monoisotopic (exact) mass is 350 g/mol. The fraction of sp³-hybridized carbons (Fsp3) is 0.105. The van der Waals surface area contributed by atoms with Gasteiger partial charge in [-0.2, -0.15) is 0 Å². The zero-order valence-corrected chi connectivity index (χ0v) is 13.8. The van der Waals surface area contributed by atoms with Crippen LogP contribution in [-0.4, -0.2) is 22.8 Å².